The third kappa shape index (κ3) is 4.31. The lowest BCUT2D eigenvalue weighted by molar-refractivity contribution is 0.110. The molecule has 0 saturated heterocycles. The third-order valence-corrected chi connectivity index (χ3v) is 2.01. The van der Waals surface area contributed by atoms with Gasteiger partial charge in [-0.1, -0.05) is 6.92 Å². The average molecular weight is 183 g/mol. The van der Waals surface area contributed by atoms with E-state index in [1.807, 2.05) is 6.92 Å². The molecule has 0 spiro atoms. The highest BCUT2D eigenvalue weighted by Crippen LogP contribution is 1.97. The topological polar surface area (TPSA) is 66.8 Å². The van der Waals surface area contributed by atoms with E-state index < -0.39 is 10.3 Å². The van der Waals surface area contributed by atoms with Gasteiger partial charge in [0.15, 0.2) is 0 Å². The van der Waals surface area contributed by atoms with Gasteiger partial charge in [-0.25, -0.2) is 0 Å². The van der Waals surface area contributed by atoms with Crippen molar-refractivity contribution in [2.75, 3.05) is 20.4 Å². The molecule has 0 aliphatic carbocycles. The summed E-state index contributed by atoms with van der Waals surface area (Å²) in [7, 11) is -2.71. The molecule has 0 rings (SSSR count). The maximum absolute atomic E-state index is 10.5. The van der Waals surface area contributed by atoms with Crippen LogP contribution in [0, 0.1) is 0 Å². The van der Waals surface area contributed by atoms with E-state index >= 15 is 0 Å². The number of hydrogen-bond donors (Lipinski definition) is 1. The molecule has 0 aliphatic heterocycles. The fraction of sp³-hybridized carbons (Fsp3) is 1.00. The molecule has 0 aliphatic rings. The molecular weight excluding hydrogens is 170 g/mol. The van der Waals surface area contributed by atoms with Crippen LogP contribution in [0.1, 0.15) is 13.3 Å². The first-order valence-corrected chi connectivity index (χ1v) is 4.63. The van der Waals surface area contributed by atoms with E-state index in [4.69, 9.17) is 4.55 Å². The van der Waals surface area contributed by atoms with Crippen molar-refractivity contribution in [3.63, 3.8) is 0 Å². The number of ether oxygens (including phenoxy) is 1. The number of methoxy groups -OCH3 is 1. The molecule has 0 aromatic rings. The van der Waals surface area contributed by atoms with Crippen LogP contribution < -0.4 is 0 Å². The van der Waals surface area contributed by atoms with Gasteiger partial charge in [-0.05, 0) is 6.42 Å². The molecule has 5 nitrogen and oxygen atoms in total. The zero-order chi connectivity index (χ0) is 8.91. The molecule has 68 valence electrons. The van der Waals surface area contributed by atoms with Gasteiger partial charge in [0.2, 0.25) is 0 Å². The van der Waals surface area contributed by atoms with Gasteiger partial charge in [-0.2, -0.15) is 12.7 Å². The summed E-state index contributed by atoms with van der Waals surface area (Å²) >= 11 is 0. The summed E-state index contributed by atoms with van der Waals surface area (Å²) in [5.41, 5.74) is 0. The van der Waals surface area contributed by atoms with Crippen LogP contribution in [0.4, 0.5) is 0 Å². The van der Waals surface area contributed by atoms with Crippen LogP contribution in [0.2, 0.25) is 0 Å². The second kappa shape index (κ2) is 4.66. The number of nitrogens with zero attached hydrogens (tertiary/aromatic N) is 1. The van der Waals surface area contributed by atoms with Crippen LogP contribution in [-0.4, -0.2) is 37.7 Å². The first-order chi connectivity index (χ1) is 5.02. The monoisotopic (exact) mass is 183 g/mol. The Morgan fingerprint density at radius 2 is 2.09 bits per heavy atom. The van der Waals surface area contributed by atoms with Gasteiger partial charge in [-0.3, -0.25) is 4.55 Å². The van der Waals surface area contributed by atoms with Crippen molar-refractivity contribution in [2.45, 2.75) is 13.3 Å². The highest BCUT2D eigenvalue weighted by molar-refractivity contribution is 7.83. The minimum atomic E-state index is -4.08. The smallest absolute Gasteiger partial charge is 0.337 e. The van der Waals surface area contributed by atoms with Crippen LogP contribution >= 0.6 is 0 Å². The van der Waals surface area contributed by atoms with Crippen molar-refractivity contribution in [3.05, 3.63) is 0 Å². The standard InChI is InChI=1S/C5H13NO4S/c1-3-4-6(5-10-2)11(7,8)9/h3-5H2,1-2H3,(H,7,8,9). The van der Waals surface area contributed by atoms with Gasteiger partial charge < -0.3 is 4.74 Å². The molecule has 0 aromatic carbocycles. The Labute approximate surface area is 66.8 Å². The second-order valence-corrected chi connectivity index (χ2v) is 3.48. The van der Waals surface area contributed by atoms with Gasteiger partial charge in [0, 0.05) is 13.7 Å². The van der Waals surface area contributed by atoms with E-state index in [1.54, 1.807) is 0 Å². The molecule has 0 radical (unpaired) electrons. The Kier molecular flexibility index (Phi) is 4.58. The highest BCUT2D eigenvalue weighted by atomic mass is 32.2. The van der Waals surface area contributed by atoms with Crippen molar-refractivity contribution in [3.8, 4) is 0 Å². The minimum Gasteiger partial charge on any atom is -0.368 e. The van der Waals surface area contributed by atoms with Crippen molar-refractivity contribution < 1.29 is 17.7 Å². The van der Waals surface area contributed by atoms with E-state index in [0.29, 0.717) is 6.42 Å². The van der Waals surface area contributed by atoms with Crippen molar-refractivity contribution in [2.24, 2.45) is 0 Å². The Bertz CT molecular complexity index is 183. The quantitative estimate of drug-likeness (QED) is 0.485. The van der Waals surface area contributed by atoms with Crippen LogP contribution in [0.15, 0.2) is 0 Å². The minimum absolute atomic E-state index is 0.104. The van der Waals surface area contributed by atoms with Crippen LogP contribution in [0.25, 0.3) is 0 Å². The second-order valence-electron chi connectivity index (χ2n) is 2.07. The van der Waals surface area contributed by atoms with E-state index in [1.165, 1.54) is 7.11 Å². The average Bonchev–Trinajstić information content (AvgIpc) is 1.85. The van der Waals surface area contributed by atoms with Gasteiger partial charge >= 0.3 is 10.3 Å². The van der Waals surface area contributed by atoms with Crippen LogP contribution in [-0.2, 0) is 15.0 Å². The van der Waals surface area contributed by atoms with Gasteiger partial charge in [0.1, 0.15) is 6.73 Å². The van der Waals surface area contributed by atoms with Gasteiger partial charge in [0.05, 0.1) is 0 Å². The first-order valence-electron chi connectivity index (χ1n) is 3.23. The number of rotatable bonds is 5. The number of hydrogen-bond acceptors (Lipinski definition) is 3. The zero-order valence-corrected chi connectivity index (χ0v) is 7.47. The predicted octanol–water partition coefficient (Wildman–Crippen LogP) is 0.105. The van der Waals surface area contributed by atoms with Crippen molar-refractivity contribution in [1.29, 1.82) is 0 Å². The summed E-state index contributed by atoms with van der Waals surface area (Å²) in [4.78, 5) is 0. The Balaban J connectivity index is 4.11. The molecule has 0 atom stereocenters. The molecule has 0 aromatic heterocycles. The molecule has 1 N–H and O–H groups in total. The lowest BCUT2D eigenvalue weighted by atomic mass is 10.5. The SMILES string of the molecule is CCCN(COC)S(=O)(=O)O. The molecular formula is C5H13NO4S. The normalized spacial score (nSPS) is 12.4. The van der Waals surface area contributed by atoms with Crippen molar-refractivity contribution in [1.82, 2.24) is 4.31 Å². The van der Waals surface area contributed by atoms with E-state index in [9.17, 15) is 8.42 Å². The van der Waals surface area contributed by atoms with E-state index in [-0.39, 0.29) is 13.3 Å². The fourth-order valence-corrected chi connectivity index (χ4v) is 1.29. The van der Waals surface area contributed by atoms with E-state index in [2.05, 4.69) is 4.74 Å². The molecule has 0 saturated carbocycles. The Hall–Kier alpha value is -0.170. The maximum atomic E-state index is 10.5. The molecule has 0 bridgehead atoms. The van der Waals surface area contributed by atoms with Crippen LogP contribution in [0.5, 0.6) is 0 Å². The maximum Gasteiger partial charge on any atom is 0.337 e. The summed E-state index contributed by atoms with van der Waals surface area (Å²) in [5, 5.41) is 0. The fourth-order valence-electron chi connectivity index (χ4n) is 0.640. The molecule has 11 heavy (non-hydrogen) atoms. The summed E-state index contributed by atoms with van der Waals surface area (Å²) in [6.45, 7) is 1.98. The summed E-state index contributed by atoms with van der Waals surface area (Å²) in [6, 6.07) is 0. The van der Waals surface area contributed by atoms with Crippen molar-refractivity contribution >= 4 is 10.3 Å². The van der Waals surface area contributed by atoms with Gasteiger partial charge in [0.25, 0.3) is 0 Å². The molecule has 0 fully saturated rings. The summed E-state index contributed by atoms with van der Waals surface area (Å²) < 4.78 is 35.0. The predicted molar refractivity (Wildman–Crippen MR) is 40.4 cm³/mol. The third-order valence-electron chi connectivity index (χ3n) is 1.07. The van der Waals surface area contributed by atoms with Gasteiger partial charge in [-0.15, -0.1) is 0 Å². The largest absolute Gasteiger partial charge is 0.368 e. The molecule has 0 heterocycles. The van der Waals surface area contributed by atoms with Crippen LogP contribution in [0.3, 0.4) is 0 Å². The highest BCUT2D eigenvalue weighted by Gasteiger charge is 2.16. The first kappa shape index (κ1) is 10.8. The zero-order valence-electron chi connectivity index (χ0n) is 6.65. The lowest BCUT2D eigenvalue weighted by Gasteiger charge is -2.15. The lowest BCUT2D eigenvalue weighted by Crippen LogP contribution is -2.32. The molecule has 6 heteroatoms. The molecule has 0 amide bonds. The van der Waals surface area contributed by atoms with E-state index in [0.717, 1.165) is 4.31 Å². The summed E-state index contributed by atoms with van der Waals surface area (Å²) in [5.74, 6) is 0. The molecule has 0 unspecified atom stereocenters. The summed E-state index contributed by atoms with van der Waals surface area (Å²) in [6.07, 6.45) is 0.642. The Morgan fingerprint density at radius 3 is 2.36 bits per heavy atom. The Morgan fingerprint density at radius 1 is 1.55 bits per heavy atom.